The van der Waals surface area contributed by atoms with Crippen LogP contribution in [0.25, 0.3) is 16.9 Å². The predicted octanol–water partition coefficient (Wildman–Crippen LogP) is 5.50. The molecule has 0 bridgehead atoms. The summed E-state index contributed by atoms with van der Waals surface area (Å²) in [7, 11) is 0. The van der Waals surface area contributed by atoms with Gasteiger partial charge in [-0.15, -0.1) is 0 Å². The minimum absolute atomic E-state index is 0.0398. The molecular formula is C33H38FN5O3. The molecule has 2 heterocycles. The van der Waals surface area contributed by atoms with E-state index in [9.17, 15) is 19.6 Å². The quantitative estimate of drug-likeness (QED) is 0.269. The van der Waals surface area contributed by atoms with Gasteiger partial charge in [0.1, 0.15) is 18.1 Å². The van der Waals surface area contributed by atoms with Crippen LogP contribution < -0.4 is 5.56 Å². The van der Waals surface area contributed by atoms with Crippen LogP contribution in [0.15, 0.2) is 53.3 Å². The van der Waals surface area contributed by atoms with Crippen molar-refractivity contribution in [3.8, 4) is 17.2 Å². The van der Waals surface area contributed by atoms with Crippen LogP contribution in [0.3, 0.4) is 0 Å². The van der Waals surface area contributed by atoms with E-state index in [0.29, 0.717) is 55.7 Å². The molecule has 220 valence electrons. The van der Waals surface area contributed by atoms with Crippen LogP contribution in [0.1, 0.15) is 80.2 Å². The van der Waals surface area contributed by atoms with Gasteiger partial charge in [-0.25, -0.2) is 8.91 Å². The number of aryl methyl sites for hydroxylation is 2. The minimum atomic E-state index is -1.49. The van der Waals surface area contributed by atoms with Crippen molar-refractivity contribution < 1.29 is 14.2 Å². The molecule has 42 heavy (non-hydrogen) atoms. The molecule has 1 aliphatic rings. The van der Waals surface area contributed by atoms with Crippen LogP contribution >= 0.6 is 0 Å². The number of nitrogens with zero attached hydrogens (tertiary/aromatic N) is 5. The third-order valence-electron chi connectivity index (χ3n) is 8.10. The zero-order valence-electron chi connectivity index (χ0n) is 24.5. The van der Waals surface area contributed by atoms with E-state index in [0.717, 1.165) is 34.4 Å². The van der Waals surface area contributed by atoms with E-state index in [2.05, 4.69) is 18.0 Å². The Morgan fingerprint density at radius 3 is 2.52 bits per heavy atom. The second-order valence-corrected chi connectivity index (χ2v) is 11.6. The van der Waals surface area contributed by atoms with Crippen molar-refractivity contribution in [2.24, 2.45) is 0 Å². The van der Waals surface area contributed by atoms with Gasteiger partial charge in [-0.3, -0.25) is 9.36 Å². The van der Waals surface area contributed by atoms with Crippen molar-refractivity contribution in [2.45, 2.75) is 83.5 Å². The Bertz CT molecular complexity index is 1640. The van der Waals surface area contributed by atoms with E-state index < -0.39 is 12.3 Å². The van der Waals surface area contributed by atoms with Gasteiger partial charge < -0.3 is 9.84 Å². The van der Waals surface area contributed by atoms with Crippen LogP contribution in [-0.2, 0) is 17.6 Å². The molecule has 4 aromatic rings. The third kappa shape index (κ3) is 6.15. The van der Waals surface area contributed by atoms with Gasteiger partial charge in [0.25, 0.3) is 5.56 Å². The van der Waals surface area contributed by atoms with Gasteiger partial charge in [0.2, 0.25) is 5.78 Å². The van der Waals surface area contributed by atoms with E-state index in [1.54, 1.807) is 0 Å². The number of hydrogen-bond donors (Lipinski definition) is 1. The number of ether oxygens (including phenoxy) is 1. The summed E-state index contributed by atoms with van der Waals surface area (Å²) in [5.41, 5.74) is 3.54. The molecule has 0 amide bonds. The number of halogens is 1. The van der Waals surface area contributed by atoms with Crippen molar-refractivity contribution >= 4 is 5.78 Å². The van der Waals surface area contributed by atoms with Crippen molar-refractivity contribution in [2.75, 3.05) is 13.3 Å². The number of rotatable bonds is 10. The lowest BCUT2D eigenvalue weighted by Gasteiger charge is -2.32. The third-order valence-corrected chi connectivity index (χ3v) is 8.10. The summed E-state index contributed by atoms with van der Waals surface area (Å²) >= 11 is 0. The van der Waals surface area contributed by atoms with E-state index in [1.807, 2.05) is 64.5 Å². The van der Waals surface area contributed by atoms with Crippen molar-refractivity contribution in [1.29, 1.82) is 5.26 Å². The Morgan fingerprint density at radius 2 is 1.86 bits per heavy atom. The molecule has 1 unspecified atom stereocenters. The standard InChI is InChI=1S/C33H38FN5O3/c1-4-7-30-29(18-23-10-12-24(13-11-23)28-9-6-5-8-25(28)19-35)31(40)38(32-36-22(2)37-39(30)32)26-14-16-27(17-15-26)42-21-33(3,41)20-34/h5-6,8-13,26-27,41H,4,7,14-18,20-21H2,1-3H3. The second kappa shape index (κ2) is 12.6. The lowest BCUT2D eigenvalue weighted by Crippen LogP contribution is -2.38. The van der Waals surface area contributed by atoms with Gasteiger partial charge in [0.15, 0.2) is 0 Å². The SMILES string of the molecule is CCCc1c(Cc2ccc(-c3ccccc3C#N)cc2)c(=O)n(C2CCC(OCC(C)(O)CF)CC2)c2nc(C)nn12. The molecule has 2 aromatic carbocycles. The molecule has 5 rings (SSSR count). The lowest BCUT2D eigenvalue weighted by molar-refractivity contribution is -0.0830. The molecule has 9 heteroatoms. The number of nitriles is 1. The Kier molecular flexibility index (Phi) is 8.85. The molecule has 1 fully saturated rings. The molecule has 1 saturated carbocycles. The van der Waals surface area contributed by atoms with Crippen LogP contribution in [0.2, 0.25) is 0 Å². The fraction of sp³-hybridized carbons (Fsp3) is 0.455. The summed E-state index contributed by atoms with van der Waals surface area (Å²) in [6.07, 6.45) is 4.77. The molecule has 1 atom stereocenters. The maximum Gasteiger partial charge on any atom is 0.259 e. The lowest BCUT2D eigenvalue weighted by atomic mass is 9.92. The molecule has 0 aliphatic heterocycles. The largest absolute Gasteiger partial charge is 0.385 e. The van der Waals surface area contributed by atoms with Gasteiger partial charge in [-0.05, 0) is 68.7 Å². The number of aliphatic hydroxyl groups is 1. The van der Waals surface area contributed by atoms with E-state index >= 15 is 0 Å². The molecule has 8 nitrogen and oxygen atoms in total. The summed E-state index contributed by atoms with van der Waals surface area (Å²) < 4.78 is 22.5. The summed E-state index contributed by atoms with van der Waals surface area (Å²) in [5, 5.41) is 24.2. The molecule has 0 saturated heterocycles. The number of hydrogen-bond acceptors (Lipinski definition) is 6. The van der Waals surface area contributed by atoms with Gasteiger partial charge in [-0.2, -0.15) is 15.3 Å². The van der Waals surface area contributed by atoms with Crippen molar-refractivity contribution in [3.63, 3.8) is 0 Å². The fourth-order valence-corrected chi connectivity index (χ4v) is 5.87. The normalized spacial score (nSPS) is 18.6. The highest BCUT2D eigenvalue weighted by Crippen LogP contribution is 2.32. The number of alkyl halides is 1. The molecule has 1 aliphatic carbocycles. The van der Waals surface area contributed by atoms with E-state index in [1.165, 1.54) is 6.92 Å². The maximum atomic E-state index is 14.3. The Labute approximate surface area is 245 Å². The average molecular weight is 572 g/mol. The number of fused-ring (bicyclic) bond motifs is 1. The first-order chi connectivity index (χ1) is 20.2. The molecular weight excluding hydrogens is 533 g/mol. The van der Waals surface area contributed by atoms with Crippen LogP contribution in [0.4, 0.5) is 4.39 Å². The highest BCUT2D eigenvalue weighted by atomic mass is 19.1. The number of benzene rings is 2. The number of aromatic nitrogens is 4. The Hall–Kier alpha value is -3.87. The van der Waals surface area contributed by atoms with Gasteiger partial charge in [0.05, 0.1) is 30.0 Å². The van der Waals surface area contributed by atoms with E-state index in [-0.39, 0.29) is 24.3 Å². The van der Waals surface area contributed by atoms with Crippen LogP contribution in [-0.4, -0.2) is 49.3 Å². The van der Waals surface area contributed by atoms with Crippen LogP contribution in [0, 0.1) is 18.3 Å². The second-order valence-electron chi connectivity index (χ2n) is 11.6. The first-order valence-corrected chi connectivity index (χ1v) is 14.7. The smallest absolute Gasteiger partial charge is 0.259 e. The average Bonchev–Trinajstić information content (AvgIpc) is 3.39. The van der Waals surface area contributed by atoms with Crippen molar-refractivity contribution in [1.82, 2.24) is 19.2 Å². The highest BCUT2D eigenvalue weighted by molar-refractivity contribution is 5.70. The molecule has 2 aromatic heterocycles. The van der Waals surface area contributed by atoms with Crippen molar-refractivity contribution in [3.05, 3.63) is 87.1 Å². The first kappa shape index (κ1) is 29.6. The fourth-order valence-electron chi connectivity index (χ4n) is 5.87. The highest BCUT2D eigenvalue weighted by Gasteiger charge is 2.30. The topological polar surface area (TPSA) is 105 Å². The molecule has 0 radical (unpaired) electrons. The predicted molar refractivity (Wildman–Crippen MR) is 159 cm³/mol. The van der Waals surface area contributed by atoms with Crippen LogP contribution in [0.5, 0.6) is 0 Å². The minimum Gasteiger partial charge on any atom is -0.385 e. The van der Waals surface area contributed by atoms with E-state index in [4.69, 9.17) is 9.84 Å². The summed E-state index contributed by atoms with van der Waals surface area (Å²) in [6.45, 7) is 4.46. The summed E-state index contributed by atoms with van der Waals surface area (Å²) in [4.78, 5) is 19.0. The molecule has 1 N–H and O–H groups in total. The zero-order valence-corrected chi connectivity index (χ0v) is 24.5. The summed E-state index contributed by atoms with van der Waals surface area (Å²) in [6, 6.07) is 17.8. The Balaban J connectivity index is 1.47. The molecule has 0 spiro atoms. The monoisotopic (exact) mass is 571 g/mol. The first-order valence-electron chi connectivity index (χ1n) is 14.7. The van der Waals surface area contributed by atoms with Gasteiger partial charge in [-0.1, -0.05) is 55.8 Å². The maximum absolute atomic E-state index is 14.3. The van der Waals surface area contributed by atoms with Gasteiger partial charge in [0, 0.05) is 18.0 Å². The zero-order chi connectivity index (χ0) is 29.9. The summed E-state index contributed by atoms with van der Waals surface area (Å²) in [5.74, 6) is 1.18. The van der Waals surface area contributed by atoms with Gasteiger partial charge >= 0.3 is 0 Å². The Morgan fingerprint density at radius 1 is 1.14 bits per heavy atom.